The number of nitrogens with zero attached hydrogens (tertiary/aromatic N) is 2. The van der Waals surface area contributed by atoms with E-state index in [-0.39, 0.29) is 5.57 Å². The van der Waals surface area contributed by atoms with Gasteiger partial charge >= 0.3 is 5.97 Å². The predicted octanol–water partition coefficient (Wildman–Crippen LogP) is 2.50. The van der Waals surface area contributed by atoms with Crippen molar-refractivity contribution < 1.29 is 19.1 Å². The van der Waals surface area contributed by atoms with Crippen molar-refractivity contribution in [3.63, 3.8) is 0 Å². The molecule has 22 heavy (non-hydrogen) atoms. The molecule has 6 nitrogen and oxygen atoms in total. The number of benzene rings is 1. The van der Waals surface area contributed by atoms with Crippen LogP contribution in [0.1, 0.15) is 16.8 Å². The van der Waals surface area contributed by atoms with Crippen LogP contribution in [0.25, 0.3) is 5.57 Å². The molecule has 2 rings (SSSR count). The number of methoxy groups -OCH3 is 2. The normalized spacial score (nSPS) is 11.2. The highest BCUT2D eigenvalue weighted by Crippen LogP contribution is 2.30. The SMILES string of the molecule is CO/C=C(\C(=O)OC)c1c(C)cccc1On1ccc(C)n1. The van der Waals surface area contributed by atoms with Gasteiger partial charge in [0.15, 0.2) is 5.75 Å². The predicted molar refractivity (Wildman–Crippen MR) is 81.2 cm³/mol. The molecule has 0 atom stereocenters. The number of hydrogen-bond acceptors (Lipinski definition) is 5. The quantitative estimate of drug-likeness (QED) is 0.482. The molecule has 0 N–H and O–H groups in total. The van der Waals surface area contributed by atoms with Crippen LogP contribution in [0.2, 0.25) is 0 Å². The first-order valence-electron chi connectivity index (χ1n) is 6.68. The highest BCUT2D eigenvalue weighted by Gasteiger charge is 2.20. The third kappa shape index (κ3) is 3.28. The summed E-state index contributed by atoms with van der Waals surface area (Å²) in [4.78, 5) is 19.1. The monoisotopic (exact) mass is 302 g/mol. The number of esters is 1. The smallest absolute Gasteiger partial charge is 0.341 e. The number of hydrogen-bond donors (Lipinski definition) is 0. The van der Waals surface area contributed by atoms with Crippen LogP contribution in [0, 0.1) is 13.8 Å². The second-order valence-electron chi connectivity index (χ2n) is 4.66. The second-order valence-corrected chi connectivity index (χ2v) is 4.66. The highest BCUT2D eigenvalue weighted by molar-refractivity contribution is 6.17. The zero-order valence-corrected chi connectivity index (χ0v) is 13.0. The lowest BCUT2D eigenvalue weighted by molar-refractivity contribution is -0.133. The summed E-state index contributed by atoms with van der Waals surface area (Å²) in [6, 6.07) is 7.29. The van der Waals surface area contributed by atoms with Gasteiger partial charge in [-0.05, 0) is 31.5 Å². The molecular weight excluding hydrogens is 284 g/mol. The van der Waals surface area contributed by atoms with Gasteiger partial charge in [0.05, 0.1) is 32.4 Å². The summed E-state index contributed by atoms with van der Waals surface area (Å²) in [6.45, 7) is 3.74. The lowest BCUT2D eigenvalue weighted by Crippen LogP contribution is -2.11. The van der Waals surface area contributed by atoms with E-state index in [1.807, 2.05) is 32.0 Å². The molecule has 2 aromatic rings. The van der Waals surface area contributed by atoms with Crippen LogP contribution in [0.5, 0.6) is 5.75 Å². The maximum Gasteiger partial charge on any atom is 0.341 e. The topological polar surface area (TPSA) is 62.6 Å². The van der Waals surface area contributed by atoms with E-state index in [1.54, 1.807) is 12.3 Å². The second kappa shape index (κ2) is 6.80. The molecule has 1 aromatic heterocycles. The van der Waals surface area contributed by atoms with Crippen molar-refractivity contribution in [1.82, 2.24) is 9.94 Å². The molecule has 0 bridgehead atoms. The minimum atomic E-state index is -0.502. The third-order valence-electron chi connectivity index (χ3n) is 3.04. The Morgan fingerprint density at radius 3 is 2.59 bits per heavy atom. The molecule has 0 radical (unpaired) electrons. The van der Waals surface area contributed by atoms with Gasteiger partial charge in [0.25, 0.3) is 0 Å². The zero-order chi connectivity index (χ0) is 16.1. The van der Waals surface area contributed by atoms with Crippen molar-refractivity contribution in [3.8, 4) is 5.75 Å². The van der Waals surface area contributed by atoms with E-state index in [9.17, 15) is 4.79 Å². The third-order valence-corrected chi connectivity index (χ3v) is 3.04. The van der Waals surface area contributed by atoms with Gasteiger partial charge in [-0.1, -0.05) is 12.1 Å². The van der Waals surface area contributed by atoms with Gasteiger partial charge in [-0.2, -0.15) is 0 Å². The Kier molecular flexibility index (Phi) is 4.83. The largest absolute Gasteiger partial charge is 0.503 e. The average Bonchev–Trinajstić information content (AvgIpc) is 2.90. The standard InChI is InChI=1S/C16H18N2O4/c1-11-6-5-7-14(22-18-9-8-12(2)17-18)15(11)13(10-20-3)16(19)21-4/h5-10H,1-4H3/b13-10-. The van der Waals surface area contributed by atoms with Crippen molar-refractivity contribution in [2.75, 3.05) is 14.2 Å². The Bertz CT molecular complexity index is 704. The lowest BCUT2D eigenvalue weighted by atomic mass is 10.0. The van der Waals surface area contributed by atoms with Crippen LogP contribution >= 0.6 is 0 Å². The molecule has 6 heteroatoms. The molecule has 0 amide bonds. The van der Waals surface area contributed by atoms with Crippen LogP contribution < -0.4 is 4.84 Å². The lowest BCUT2D eigenvalue weighted by Gasteiger charge is -2.14. The molecule has 0 fully saturated rings. The molecule has 0 aliphatic heterocycles. The summed E-state index contributed by atoms with van der Waals surface area (Å²) in [5, 5.41) is 4.17. The van der Waals surface area contributed by atoms with Gasteiger partial charge in [0.1, 0.15) is 5.57 Å². The number of carbonyl (C=O) groups excluding carboxylic acids is 1. The van der Waals surface area contributed by atoms with Crippen LogP contribution in [0.15, 0.2) is 36.7 Å². The van der Waals surface area contributed by atoms with Crippen LogP contribution in [0.3, 0.4) is 0 Å². The van der Waals surface area contributed by atoms with Crippen LogP contribution in [-0.2, 0) is 14.3 Å². The number of aromatic nitrogens is 2. The summed E-state index contributed by atoms with van der Waals surface area (Å²) in [5.41, 5.74) is 2.57. The van der Waals surface area contributed by atoms with Crippen molar-refractivity contribution in [2.45, 2.75) is 13.8 Å². The Balaban J connectivity index is 2.49. The number of ether oxygens (including phenoxy) is 2. The van der Waals surface area contributed by atoms with E-state index < -0.39 is 5.97 Å². The zero-order valence-electron chi connectivity index (χ0n) is 13.0. The first-order valence-corrected chi connectivity index (χ1v) is 6.68. The van der Waals surface area contributed by atoms with Crippen molar-refractivity contribution >= 4 is 11.5 Å². The molecule has 0 saturated heterocycles. The van der Waals surface area contributed by atoms with Gasteiger partial charge in [0, 0.05) is 5.56 Å². The minimum Gasteiger partial charge on any atom is -0.503 e. The van der Waals surface area contributed by atoms with E-state index in [0.29, 0.717) is 11.3 Å². The minimum absolute atomic E-state index is 0.280. The summed E-state index contributed by atoms with van der Waals surface area (Å²) < 4.78 is 9.82. The van der Waals surface area contributed by atoms with Crippen molar-refractivity contribution in [2.24, 2.45) is 0 Å². The fourth-order valence-corrected chi connectivity index (χ4v) is 2.04. The number of aryl methyl sites for hydroxylation is 2. The van der Waals surface area contributed by atoms with Crippen LogP contribution in [0.4, 0.5) is 0 Å². The number of rotatable bonds is 5. The molecule has 0 spiro atoms. The van der Waals surface area contributed by atoms with Gasteiger partial charge in [-0.15, -0.1) is 9.94 Å². The molecule has 1 aromatic carbocycles. The molecule has 0 unspecified atom stereocenters. The summed E-state index contributed by atoms with van der Waals surface area (Å²) >= 11 is 0. The first kappa shape index (κ1) is 15.6. The average molecular weight is 302 g/mol. The molecule has 0 aliphatic rings. The van der Waals surface area contributed by atoms with E-state index in [4.69, 9.17) is 14.3 Å². The summed E-state index contributed by atoms with van der Waals surface area (Å²) in [5.74, 6) is -0.0190. The van der Waals surface area contributed by atoms with Gasteiger partial charge in [0.2, 0.25) is 0 Å². The number of carbonyl (C=O) groups is 1. The van der Waals surface area contributed by atoms with E-state index in [2.05, 4.69) is 5.10 Å². The summed E-state index contributed by atoms with van der Waals surface area (Å²) in [7, 11) is 2.79. The summed E-state index contributed by atoms with van der Waals surface area (Å²) in [6.07, 6.45) is 3.04. The van der Waals surface area contributed by atoms with Crippen molar-refractivity contribution in [1.29, 1.82) is 0 Å². The fraction of sp³-hybridized carbons (Fsp3) is 0.250. The molecule has 116 valence electrons. The Hall–Kier alpha value is -2.76. The maximum atomic E-state index is 12.0. The molecular formula is C16H18N2O4. The Morgan fingerprint density at radius 2 is 2.00 bits per heavy atom. The van der Waals surface area contributed by atoms with Gasteiger partial charge < -0.3 is 14.3 Å². The van der Waals surface area contributed by atoms with Crippen molar-refractivity contribution in [3.05, 3.63) is 53.5 Å². The Labute approximate surface area is 128 Å². The van der Waals surface area contributed by atoms with E-state index in [1.165, 1.54) is 25.3 Å². The molecule has 1 heterocycles. The Morgan fingerprint density at radius 1 is 1.23 bits per heavy atom. The van der Waals surface area contributed by atoms with Gasteiger partial charge in [-0.3, -0.25) is 0 Å². The maximum absolute atomic E-state index is 12.0. The van der Waals surface area contributed by atoms with Crippen LogP contribution in [-0.4, -0.2) is 30.1 Å². The van der Waals surface area contributed by atoms with Gasteiger partial charge in [-0.25, -0.2) is 4.79 Å². The fourth-order valence-electron chi connectivity index (χ4n) is 2.04. The highest BCUT2D eigenvalue weighted by atomic mass is 16.7. The van der Waals surface area contributed by atoms with E-state index in [0.717, 1.165) is 11.3 Å². The first-order chi connectivity index (χ1) is 10.6. The molecule has 0 aliphatic carbocycles. The van der Waals surface area contributed by atoms with E-state index >= 15 is 0 Å². The molecule has 0 saturated carbocycles.